The van der Waals surface area contributed by atoms with Crippen molar-refractivity contribution < 1.29 is 19.7 Å². The summed E-state index contributed by atoms with van der Waals surface area (Å²) >= 11 is 0. The number of nitrogen functional groups attached to an aromatic ring is 1. The predicted molar refractivity (Wildman–Crippen MR) is 69.9 cm³/mol. The van der Waals surface area contributed by atoms with Crippen molar-refractivity contribution in [3.63, 3.8) is 0 Å². The van der Waals surface area contributed by atoms with Gasteiger partial charge >= 0.3 is 0 Å². The predicted octanol–water partition coefficient (Wildman–Crippen LogP) is -0.155. The Hall–Kier alpha value is -1.79. The van der Waals surface area contributed by atoms with Crippen molar-refractivity contribution >= 4 is 11.6 Å². The average Bonchev–Trinajstić information content (AvgIpc) is 2.68. The number of nitrogens with zero attached hydrogens (tertiary/aromatic N) is 1. The number of benzene rings is 1. The van der Waals surface area contributed by atoms with Crippen LogP contribution in [0.25, 0.3) is 0 Å². The van der Waals surface area contributed by atoms with Crippen molar-refractivity contribution in [2.75, 3.05) is 25.4 Å². The van der Waals surface area contributed by atoms with Gasteiger partial charge in [0.05, 0.1) is 18.8 Å². The lowest BCUT2D eigenvalue weighted by molar-refractivity contribution is 0.0572. The van der Waals surface area contributed by atoms with Gasteiger partial charge in [0.15, 0.2) is 0 Å². The van der Waals surface area contributed by atoms with E-state index in [9.17, 15) is 15.0 Å². The Morgan fingerprint density at radius 2 is 2.00 bits per heavy atom. The molecule has 1 aromatic carbocycles. The number of likely N-dealkylation sites (tertiary alicyclic amines) is 1. The van der Waals surface area contributed by atoms with E-state index in [1.807, 2.05) is 6.92 Å². The van der Waals surface area contributed by atoms with Crippen LogP contribution < -0.4 is 10.5 Å². The van der Waals surface area contributed by atoms with Gasteiger partial charge in [-0.2, -0.15) is 0 Å². The van der Waals surface area contributed by atoms with Gasteiger partial charge in [-0.25, -0.2) is 0 Å². The van der Waals surface area contributed by atoms with Gasteiger partial charge in [0.25, 0.3) is 5.91 Å². The molecule has 1 heterocycles. The van der Waals surface area contributed by atoms with Gasteiger partial charge in [0, 0.05) is 30.4 Å². The number of rotatable bonds is 3. The molecule has 0 saturated carbocycles. The molecular weight excluding hydrogens is 248 g/mol. The maximum Gasteiger partial charge on any atom is 0.254 e. The second kappa shape index (κ2) is 5.46. The summed E-state index contributed by atoms with van der Waals surface area (Å²) in [6.07, 6.45) is -1.78. The van der Waals surface area contributed by atoms with Crippen LogP contribution >= 0.6 is 0 Å². The third kappa shape index (κ3) is 2.97. The summed E-state index contributed by atoms with van der Waals surface area (Å²) in [5.41, 5.74) is 6.56. The zero-order valence-electron chi connectivity index (χ0n) is 10.7. The molecule has 1 fully saturated rings. The normalized spacial score (nSPS) is 22.6. The third-order valence-corrected chi connectivity index (χ3v) is 3.03. The standard InChI is InChI=1S/C13H18N2O4/c1-2-19-10-4-8(3-9(14)5-10)13(18)15-6-11(16)12(17)7-15/h3-5,11-12,16-17H,2,6-7,14H2,1H3. The van der Waals surface area contributed by atoms with Gasteiger partial charge in [0.2, 0.25) is 0 Å². The highest BCUT2D eigenvalue weighted by Crippen LogP contribution is 2.22. The average molecular weight is 266 g/mol. The Bertz CT molecular complexity index is 468. The summed E-state index contributed by atoms with van der Waals surface area (Å²) in [6, 6.07) is 4.81. The lowest BCUT2D eigenvalue weighted by Crippen LogP contribution is -2.29. The summed E-state index contributed by atoms with van der Waals surface area (Å²) in [6.45, 7) is 2.58. The maximum atomic E-state index is 12.2. The fraction of sp³-hybridized carbons (Fsp3) is 0.462. The minimum absolute atomic E-state index is 0.124. The Morgan fingerprint density at radius 1 is 1.37 bits per heavy atom. The van der Waals surface area contributed by atoms with Crippen LogP contribution in [0.15, 0.2) is 18.2 Å². The Labute approximate surface area is 111 Å². The van der Waals surface area contributed by atoms with Crippen LogP contribution in [-0.4, -0.2) is 52.9 Å². The van der Waals surface area contributed by atoms with Crippen LogP contribution in [0.3, 0.4) is 0 Å². The van der Waals surface area contributed by atoms with E-state index < -0.39 is 12.2 Å². The summed E-state index contributed by atoms with van der Waals surface area (Å²) in [7, 11) is 0. The van der Waals surface area contributed by atoms with Crippen LogP contribution in [-0.2, 0) is 0 Å². The van der Waals surface area contributed by atoms with Crippen molar-refractivity contribution in [3.05, 3.63) is 23.8 Å². The van der Waals surface area contributed by atoms with E-state index in [-0.39, 0.29) is 19.0 Å². The number of hydrogen-bond donors (Lipinski definition) is 3. The largest absolute Gasteiger partial charge is 0.494 e. The highest BCUT2D eigenvalue weighted by atomic mass is 16.5. The van der Waals surface area contributed by atoms with E-state index in [0.717, 1.165) is 0 Å². The molecule has 0 radical (unpaired) electrons. The van der Waals surface area contributed by atoms with Gasteiger partial charge in [-0.3, -0.25) is 4.79 Å². The molecule has 1 aliphatic rings. The smallest absolute Gasteiger partial charge is 0.254 e. The summed E-state index contributed by atoms with van der Waals surface area (Å²) < 4.78 is 5.33. The van der Waals surface area contributed by atoms with E-state index >= 15 is 0 Å². The second-order valence-electron chi connectivity index (χ2n) is 4.57. The van der Waals surface area contributed by atoms with E-state index in [1.165, 1.54) is 4.90 Å². The zero-order valence-corrected chi connectivity index (χ0v) is 10.7. The van der Waals surface area contributed by atoms with E-state index in [1.54, 1.807) is 18.2 Å². The number of hydrogen-bond acceptors (Lipinski definition) is 5. The number of anilines is 1. The van der Waals surface area contributed by atoms with Crippen LogP contribution in [0.5, 0.6) is 5.75 Å². The minimum Gasteiger partial charge on any atom is -0.494 e. The number of carbonyl (C=O) groups excluding carboxylic acids is 1. The van der Waals surface area contributed by atoms with Crippen LogP contribution in [0.2, 0.25) is 0 Å². The molecule has 1 saturated heterocycles. The SMILES string of the molecule is CCOc1cc(N)cc(C(=O)N2CC(O)C(O)C2)c1. The van der Waals surface area contributed by atoms with Gasteiger partial charge in [-0.1, -0.05) is 0 Å². The summed E-state index contributed by atoms with van der Waals surface area (Å²) in [5.74, 6) is 0.259. The number of aliphatic hydroxyl groups excluding tert-OH is 2. The van der Waals surface area contributed by atoms with Crippen LogP contribution in [0.1, 0.15) is 17.3 Å². The molecule has 0 bridgehead atoms. The molecule has 1 amide bonds. The third-order valence-electron chi connectivity index (χ3n) is 3.03. The first kappa shape index (κ1) is 13.6. The van der Waals surface area contributed by atoms with Gasteiger partial charge < -0.3 is 25.6 Å². The van der Waals surface area contributed by atoms with E-state index in [0.29, 0.717) is 23.6 Å². The Morgan fingerprint density at radius 3 is 2.58 bits per heavy atom. The number of aliphatic hydroxyl groups is 2. The van der Waals surface area contributed by atoms with Crippen LogP contribution in [0.4, 0.5) is 5.69 Å². The zero-order chi connectivity index (χ0) is 14.0. The molecule has 1 aliphatic heterocycles. The lowest BCUT2D eigenvalue weighted by Gasteiger charge is -2.16. The number of amides is 1. The van der Waals surface area contributed by atoms with Crippen molar-refractivity contribution in [2.45, 2.75) is 19.1 Å². The molecule has 4 N–H and O–H groups in total. The first-order valence-electron chi connectivity index (χ1n) is 6.20. The summed E-state index contributed by atoms with van der Waals surface area (Å²) in [5, 5.41) is 18.9. The maximum absolute atomic E-state index is 12.2. The van der Waals surface area contributed by atoms with E-state index in [4.69, 9.17) is 10.5 Å². The van der Waals surface area contributed by atoms with Crippen molar-refractivity contribution in [1.82, 2.24) is 4.90 Å². The van der Waals surface area contributed by atoms with Gasteiger partial charge in [-0.05, 0) is 19.1 Å². The number of carbonyl (C=O) groups is 1. The fourth-order valence-corrected chi connectivity index (χ4v) is 2.11. The van der Waals surface area contributed by atoms with Crippen molar-refractivity contribution in [2.24, 2.45) is 0 Å². The number of ether oxygens (including phenoxy) is 1. The Kier molecular flexibility index (Phi) is 3.92. The summed E-state index contributed by atoms with van der Waals surface area (Å²) in [4.78, 5) is 13.6. The molecule has 104 valence electrons. The Balaban J connectivity index is 2.19. The number of nitrogens with two attached hydrogens (primary N) is 1. The molecule has 2 rings (SSSR count). The lowest BCUT2D eigenvalue weighted by atomic mass is 10.1. The van der Waals surface area contributed by atoms with Crippen molar-refractivity contribution in [1.29, 1.82) is 0 Å². The highest BCUT2D eigenvalue weighted by Gasteiger charge is 2.33. The molecule has 19 heavy (non-hydrogen) atoms. The fourth-order valence-electron chi connectivity index (χ4n) is 2.11. The molecule has 6 nitrogen and oxygen atoms in total. The first-order chi connectivity index (χ1) is 9.01. The highest BCUT2D eigenvalue weighted by molar-refractivity contribution is 5.95. The van der Waals surface area contributed by atoms with Crippen LogP contribution in [0, 0.1) is 0 Å². The van der Waals surface area contributed by atoms with E-state index in [2.05, 4.69) is 0 Å². The molecular formula is C13H18N2O4. The van der Waals surface area contributed by atoms with Crippen molar-refractivity contribution in [3.8, 4) is 5.75 Å². The van der Waals surface area contributed by atoms with Gasteiger partial charge in [-0.15, -0.1) is 0 Å². The molecule has 1 aromatic rings. The molecule has 0 aromatic heterocycles. The molecule has 0 aliphatic carbocycles. The van der Waals surface area contributed by atoms with Gasteiger partial charge in [0.1, 0.15) is 5.75 Å². The molecule has 6 heteroatoms. The first-order valence-corrected chi connectivity index (χ1v) is 6.20. The molecule has 2 unspecified atom stereocenters. The molecule has 0 spiro atoms. The quantitative estimate of drug-likeness (QED) is 0.661. The second-order valence-corrected chi connectivity index (χ2v) is 4.57. The monoisotopic (exact) mass is 266 g/mol. The molecule has 2 atom stereocenters. The minimum atomic E-state index is -0.892. The number of β-amino-alcohol motifs (C(OH)–C–C–N with tert-alkyl or cyclic N) is 2. The topological polar surface area (TPSA) is 96.0 Å².